The standard InChI is InChI=1S/C8H12ClNO4/c1-14-8(13)6-2-5(11)4-10(6)7(12)3-9/h5-6,11H,2-4H2,1H3/t5-,6-/m1/s1. The van der Waals surface area contributed by atoms with Crippen LogP contribution < -0.4 is 0 Å². The highest BCUT2D eigenvalue weighted by Gasteiger charge is 2.39. The van der Waals surface area contributed by atoms with Gasteiger partial charge in [0.05, 0.1) is 13.2 Å². The second-order valence-electron chi connectivity index (χ2n) is 3.11. The lowest BCUT2D eigenvalue weighted by molar-refractivity contribution is -0.150. The summed E-state index contributed by atoms with van der Waals surface area (Å²) in [7, 11) is 1.25. The average molecular weight is 222 g/mol. The van der Waals surface area contributed by atoms with Gasteiger partial charge in [0, 0.05) is 13.0 Å². The number of β-amino-alcohol motifs (C(OH)–C–C–N with tert-alkyl or cyclic N) is 1. The Morgan fingerprint density at radius 1 is 1.64 bits per heavy atom. The highest BCUT2D eigenvalue weighted by atomic mass is 35.5. The Morgan fingerprint density at radius 3 is 2.79 bits per heavy atom. The molecule has 1 fully saturated rings. The molecular weight excluding hydrogens is 210 g/mol. The number of carbonyl (C=O) groups is 2. The Bertz CT molecular complexity index is 221. The van der Waals surface area contributed by atoms with Crippen LogP contribution in [0.15, 0.2) is 0 Å². The highest BCUT2D eigenvalue weighted by molar-refractivity contribution is 6.27. The average Bonchev–Trinajstić information content (AvgIpc) is 2.58. The van der Waals surface area contributed by atoms with Crippen molar-refractivity contribution < 1.29 is 19.4 Å². The zero-order chi connectivity index (χ0) is 10.7. The van der Waals surface area contributed by atoms with Crippen LogP contribution in [0.2, 0.25) is 0 Å². The van der Waals surface area contributed by atoms with Crippen LogP contribution >= 0.6 is 11.6 Å². The van der Waals surface area contributed by atoms with Crippen LogP contribution in [0.1, 0.15) is 6.42 Å². The van der Waals surface area contributed by atoms with Gasteiger partial charge in [-0.2, -0.15) is 0 Å². The number of likely N-dealkylation sites (tertiary alicyclic amines) is 1. The molecule has 0 bridgehead atoms. The van der Waals surface area contributed by atoms with Gasteiger partial charge in [-0.3, -0.25) is 4.79 Å². The van der Waals surface area contributed by atoms with Crippen LogP contribution in [-0.2, 0) is 14.3 Å². The van der Waals surface area contributed by atoms with Gasteiger partial charge in [-0.1, -0.05) is 0 Å². The molecule has 1 heterocycles. The number of alkyl halides is 1. The van der Waals surface area contributed by atoms with Crippen molar-refractivity contribution in [1.82, 2.24) is 4.90 Å². The zero-order valence-electron chi connectivity index (χ0n) is 7.77. The second-order valence-corrected chi connectivity index (χ2v) is 3.38. The highest BCUT2D eigenvalue weighted by Crippen LogP contribution is 2.19. The Hall–Kier alpha value is -0.810. The first-order valence-corrected chi connectivity index (χ1v) is 4.75. The number of hydrogen-bond donors (Lipinski definition) is 1. The molecule has 1 rings (SSSR count). The van der Waals surface area contributed by atoms with E-state index >= 15 is 0 Å². The van der Waals surface area contributed by atoms with Gasteiger partial charge < -0.3 is 14.7 Å². The van der Waals surface area contributed by atoms with Crippen molar-refractivity contribution in [2.45, 2.75) is 18.6 Å². The molecule has 0 saturated carbocycles. The van der Waals surface area contributed by atoms with Gasteiger partial charge >= 0.3 is 5.97 Å². The number of aliphatic hydroxyl groups is 1. The Labute approximate surface area is 86.6 Å². The molecule has 0 aromatic carbocycles. The molecule has 0 aliphatic carbocycles. The molecule has 1 saturated heterocycles. The minimum atomic E-state index is -0.693. The molecule has 5 nitrogen and oxygen atoms in total. The largest absolute Gasteiger partial charge is 0.467 e. The van der Waals surface area contributed by atoms with E-state index in [1.54, 1.807) is 0 Å². The van der Waals surface area contributed by atoms with Gasteiger partial charge in [-0.05, 0) is 0 Å². The molecule has 6 heteroatoms. The summed E-state index contributed by atoms with van der Waals surface area (Å²) in [6, 6.07) is -0.693. The number of ether oxygens (including phenoxy) is 1. The van der Waals surface area contributed by atoms with Gasteiger partial charge in [0.1, 0.15) is 11.9 Å². The van der Waals surface area contributed by atoms with E-state index in [0.29, 0.717) is 0 Å². The zero-order valence-corrected chi connectivity index (χ0v) is 8.53. The van der Waals surface area contributed by atoms with Gasteiger partial charge in [0.25, 0.3) is 0 Å². The number of nitrogens with zero attached hydrogens (tertiary/aromatic N) is 1. The molecule has 1 aliphatic rings. The minimum absolute atomic E-state index is 0.144. The van der Waals surface area contributed by atoms with E-state index in [1.807, 2.05) is 0 Å². The topological polar surface area (TPSA) is 66.8 Å². The lowest BCUT2D eigenvalue weighted by Gasteiger charge is -2.20. The number of methoxy groups -OCH3 is 1. The minimum Gasteiger partial charge on any atom is -0.467 e. The molecule has 1 amide bonds. The third kappa shape index (κ3) is 2.16. The smallest absolute Gasteiger partial charge is 0.328 e. The molecule has 80 valence electrons. The predicted octanol–water partition coefficient (Wildman–Crippen LogP) is -0.640. The van der Waals surface area contributed by atoms with Crippen molar-refractivity contribution in [1.29, 1.82) is 0 Å². The number of carbonyl (C=O) groups excluding carboxylic acids is 2. The normalized spacial score (nSPS) is 26.4. The molecule has 0 aromatic rings. The fraction of sp³-hybridized carbons (Fsp3) is 0.750. The summed E-state index contributed by atoms with van der Waals surface area (Å²) in [6.45, 7) is 0.144. The number of amides is 1. The predicted molar refractivity (Wildman–Crippen MR) is 48.9 cm³/mol. The van der Waals surface area contributed by atoms with E-state index in [9.17, 15) is 14.7 Å². The van der Waals surface area contributed by atoms with E-state index in [2.05, 4.69) is 4.74 Å². The molecule has 0 radical (unpaired) electrons. The van der Waals surface area contributed by atoms with Gasteiger partial charge in [-0.15, -0.1) is 11.6 Å². The van der Waals surface area contributed by atoms with Crippen molar-refractivity contribution in [3.8, 4) is 0 Å². The van der Waals surface area contributed by atoms with Crippen LogP contribution in [0.5, 0.6) is 0 Å². The first-order valence-electron chi connectivity index (χ1n) is 4.21. The Morgan fingerprint density at radius 2 is 2.29 bits per heavy atom. The summed E-state index contributed by atoms with van der Waals surface area (Å²) in [5.74, 6) is -1.07. The summed E-state index contributed by atoms with van der Waals surface area (Å²) in [5.41, 5.74) is 0. The molecular formula is C8H12ClNO4. The number of halogens is 1. The van der Waals surface area contributed by atoms with Crippen LogP contribution in [-0.4, -0.2) is 53.6 Å². The van der Waals surface area contributed by atoms with E-state index in [-0.39, 0.29) is 24.8 Å². The van der Waals surface area contributed by atoms with E-state index in [0.717, 1.165) is 0 Å². The van der Waals surface area contributed by atoms with Gasteiger partial charge in [-0.25, -0.2) is 4.79 Å². The number of hydrogen-bond acceptors (Lipinski definition) is 4. The molecule has 1 aliphatic heterocycles. The van der Waals surface area contributed by atoms with Gasteiger partial charge in [0.15, 0.2) is 0 Å². The Balaban J connectivity index is 2.72. The third-order valence-corrected chi connectivity index (χ3v) is 2.42. The summed E-state index contributed by atoms with van der Waals surface area (Å²) in [4.78, 5) is 23.7. The second kappa shape index (κ2) is 4.61. The van der Waals surface area contributed by atoms with Crippen molar-refractivity contribution >= 4 is 23.5 Å². The molecule has 0 aromatic heterocycles. The lowest BCUT2D eigenvalue weighted by Crippen LogP contribution is -2.41. The third-order valence-electron chi connectivity index (χ3n) is 2.19. The number of aliphatic hydroxyl groups excluding tert-OH is 1. The van der Waals surface area contributed by atoms with Crippen LogP contribution in [0.4, 0.5) is 0 Å². The van der Waals surface area contributed by atoms with Crippen LogP contribution in [0.25, 0.3) is 0 Å². The fourth-order valence-electron chi connectivity index (χ4n) is 1.53. The summed E-state index contributed by atoms with van der Waals surface area (Å²) in [6.07, 6.45) is -0.457. The van der Waals surface area contributed by atoms with E-state index < -0.39 is 18.1 Å². The molecule has 14 heavy (non-hydrogen) atoms. The van der Waals surface area contributed by atoms with E-state index in [4.69, 9.17) is 11.6 Å². The molecule has 2 atom stereocenters. The van der Waals surface area contributed by atoms with Gasteiger partial charge in [0.2, 0.25) is 5.91 Å². The SMILES string of the molecule is COC(=O)[C@H]1C[C@@H](O)CN1C(=O)CCl. The van der Waals surface area contributed by atoms with E-state index in [1.165, 1.54) is 12.0 Å². The number of rotatable bonds is 2. The molecule has 0 unspecified atom stereocenters. The van der Waals surface area contributed by atoms with Crippen molar-refractivity contribution in [2.24, 2.45) is 0 Å². The maximum atomic E-state index is 11.3. The number of esters is 1. The maximum absolute atomic E-state index is 11.3. The summed E-state index contributed by atoms with van der Waals surface area (Å²) >= 11 is 5.37. The van der Waals surface area contributed by atoms with Crippen molar-refractivity contribution in [3.63, 3.8) is 0 Å². The first kappa shape index (κ1) is 11.3. The Kier molecular flexibility index (Phi) is 3.71. The maximum Gasteiger partial charge on any atom is 0.328 e. The van der Waals surface area contributed by atoms with Crippen molar-refractivity contribution in [2.75, 3.05) is 19.5 Å². The molecule has 0 spiro atoms. The lowest BCUT2D eigenvalue weighted by atomic mass is 10.2. The molecule has 1 N–H and O–H groups in total. The summed E-state index contributed by atoms with van der Waals surface area (Å²) in [5, 5.41) is 9.31. The van der Waals surface area contributed by atoms with Crippen LogP contribution in [0, 0.1) is 0 Å². The monoisotopic (exact) mass is 221 g/mol. The summed E-state index contributed by atoms with van der Waals surface area (Å²) < 4.78 is 4.52. The quantitative estimate of drug-likeness (QED) is 0.498. The van der Waals surface area contributed by atoms with Crippen molar-refractivity contribution in [3.05, 3.63) is 0 Å². The fourth-order valence-corrected chi connectivity index (χ4v) is 1.68. The van der Waals surface area contributed by atoms with Crippen LogP contribution in [0.3, 0.4) is 0 Å². The first-order chi connectivity index (χ1) is 6.60.